The summed E-state index contributed by atoms with van der Waals surface area (Å²) in [7, 11) is 0. The molecule has 3 heteroatoms. The van der Waals surface area contributed by atoms with Crippen molar-refractivity contribution in [1.29, 1.82) is 0 Å². The van der Waals surface area contributed by atoms with Crippen LogP contribution in [-0.4, -0.2) is 5.78 Å². The number of carbonyl (C=O) groups excluding carboxylic acids is 1. The van der Waals surface area contributed by atoms with Crippen molar-refractivity contribution in [2.24, 2.45) is 0 Å². The van der Waals surface area contributed by atoms with E-state index in [0.717, 1.165) is 22.4 Å². The number of hydrogen-bond donors (Lipinski definition) is 1. The average molecular weight is 229 g/mol. The second-order valence-corrected chi connectivity index (χ2v) is 4.09. The Hall–Kier alpha value is -0.470. The predicted octanol–water partition coefficient (Wildman–Crippen LogP) is 3.41. The van der Waals surface area contributed by atoms with Gasteiger partial charge in [-0.1, -0.05) is 19.1 Å². The molecule has 1 atom stereocenters. The van der Waals surface area contributed by atoms with Gasteiger partial charge in [0.25, 0.3) is 0 Å². The summed E-state index contributed by atoms with van der Waals surface area (Å²) in [5, 5.41) is -0.544. The van der Waals surface area contributed by atoms with Crippen LogP contribution in [0.5, 0.6) is 0 Å². The van der Waals surface area contributed by atoms with E-state index < -0.39 is 5.38 Å². The first-order chi connectivity index (χ1) is 6.57. The first-order valence-corrected chi connectivity index (χ1v) is 5.41. The van der Waals surface area contributed by atoms with Gasteiger partial charge in [-0.3, -0.25) is 4.79 Å². The predicted molar refractivity (Wildman–Crippen MR) is 62.3 cm³/mol. The fourth-order valence-corrected chi connectivity index (χ4v) is 2.01. The van der Waals surface area contributed by atoms with E-state index in [0.29, 0.717) is 0 Å². The van der Waals surface area contributed by atoms with Crippen LogP contribution in [0.15, 0.2) is 23.1 Å². The van der Waals surface area contributed by atoms with Gasteiger partial charge in [0.2, 0.25) is 0 Å². The van der Waals surface area contributed by atoms with Crippen molar-refractivity contribution >= 4 is 30.0 Å². The molecule has 0 aliphatic heterocycles. The number of Topliss-reactive ketones (excluding diaryl/α,β-unsaturated/α-hetero) is 1. The van der Waals surface area contributed by atoms with Gasteiger partial charge in [-0.05, 0) is 30.5 Å². The second-order valence-electron chi connectivity index (χ2n) is 3.17. The lowest BCUT2D eigenvalue weighted by Crippen LogP contribution is -2.05. The Morgan fingerprint density at radius 2 is 2.21 bits per heavy atom. The highest BCUT2D eigenvalue weighted by molar-refractivity contribution is 7.80. The third-order valence-corrected chi connectivity index (χ3v) is 3.13. The zero-order valence-corrected chi connectivity index (χ0v) is 9.90. The largest absolute Gasteiger partial charge is 0.298 e. The number of benzene rings is 1. The fourth-order valence-electron chi connectivity index (χ4n) is 1.43. The van der Waals surface area contributed by atoms with Crippen LogP contribution in [0.1, 0.15) is 30.4 Å². The molecule has 0 saturated heterocycles. The highest BCUT2D eigenvalue weighted by Gasteiger charge is 2.17. The van der Waals surface area contributed by atoms with Gasteiger partial charge < -0.3 is 0 Å². The summed E-state index contributed by atoms with van der Waals surface area (Å²) < 4.78 is 0. The smallest absolute Gasteiger partial charge is 0.152 e. The molecule has 0 heterocycles. The van der Waals surface area contributed by atoms with Gasteiger partial charge in [0.05, 0.1) is 0 Å². The van der Waals surface area contributed by atoms with E-state index in [2.05, 4.69) is 12.6 Å². The summed E-state index contributed by atoms with van der Waals surface area (Å²) >= 11 is 10.4. The van der Waals surface area contributed by atoms with Gasteiger partial charge >= 0.3 is 0 Å². The molecule has 0 fully saturated rings. The molecule has 0 bridgehead atoms. The molecule has 14 heavy (non-hydrogen) atoms. The number of thiol groups is 1. The van der Waals surface area contributed by atoms with E-state index in [-0.39, 0.29) is 5.78 Å². The Kier molecular flexibility index (Phi) is 4.02. The molecule has 0 amide bonds. The summed E-state index contributed by atoms with van der Waals surface area (Å²) in [6.45, 7) is 3.53. The minimum atomic E-state index is -0.544. The number of alkyl halides is 1. The number of hydrogen-bond acceptors (Lipinski definition) is 2. The highest BCUT2D eigenvalue weighted by atomic mass is 35.5. The van der Waals surface area contributed by atoms with E-state index in [1.54, 1.807) is 0 Å². The molecule has 0 aliphatic carbocycles. The Labute approximate surface area is 94.9 Å². The molecular formula is C11H13ClOS. The van der Waals surface area contributed by atoms with Crippen molar-refractivity contribution in [3.05, 3.63) is 29.3 Å². The molecule has 0 N–H and O–H groups in total. The van der Waals surface area contributed by atoms with Crippen molar-refractivity contribution in [3.63, 3.8) is 0 Å². The molecule has 0 aliphatic rings. The quantitative estimate of drug-likeness (QED) is 0.620. The van der Waals surface area contributed by atoms with Gasteiger partial charge in [-0.25, -0.2) is 0 Å². The zero-order chi connectivity index (χ0) is 10.7. The summed E-state index contributed by atoms with van der Waals surface area (Å²) in [6, 6.07) is 5.67. The van der Waals surface area contributed by atoms with E-state index in [4.69, 9.17) is 11.6 Å². The number of rotatable bonds is 3. The molecule has 0 spiro atoms. The monoisotopic (exact) mass is 228 g/mol. The normalized spacial score (nSPS) is 12.6. The number of carbonyl (C=O) groups is 1. The molecule has 1 nitrogen and oxygen atoms in total. The summed E-state index contributed by atoms with van der Waals surface area (Å²) in [6.07, 6.45) is 0.839. The Balaban J connectivity index is 3.20. The topological polar surface area (TPSA) is 17.1 Å². The second kappa shape index (κ2) is 4.85. The highest BCUT2D eigenvalue weighted by Crippen LogP contribution is 2.29. The summed E-state index contributed by atoms with van der Waals surface area (Å²) in [5.41, 5.74) is 1.94. The van der Waals surface area contributed by atoms with Crippen LogP contribution in [0.4, 0.5) is 0 Å². The molecule has 0 saturated carbocycles. The van der Waals surface area contributed by atoms with Crippen LogP contribution >= 0.6 is 24.2 Å². The minimum absolute atomic E-state index is 0.0275. The SMILES string of the molecule is CCc1c(S)cccc1C(Cl)C(C)=O. The maximum Gasteiger partial charge on any atom is 0.152 e. The maximum atomic E-state index is 11.2. The van der Waals surface area contributed by atoms with Crippen molar-refractivity contribution in [3.8, 4) is 0 Å². The van der Waals surface area contributed by atoms with Gasteiger partial charge in [0.1, 0.15) is 5.38 Å². The van der Waals surface area contributed by atoms with Crippen LogP contribution in [0.25, 0.3) is 0 Å². The van der Waals surface area contributed by atoms with Crippen LogP contribution in [-0.2, 0) is 11.2 Å². The molecule has 1 rings (SSSR count). The molecular weight excluding hydrogens is 216 g/mol. The van der Waals surface area contributed by atoms with Gasteiger partial charge in [-0.15, -0.1) is 24.2 Å². The molecule has 0 radical (unpaired) electrons. The van der Waals surface area contributed by atoms with Crippen molar-refractivity contribution in [2.75, 3.05) is 0 Å². The first-order valence-electron chi connectivity index (χ1n) is 4.53. The third-order valence-electron chi connectivity index (χ3n) is 2.17. The molecule has 1 aromatic rings. The minimum Gasteiger partial charge on any atom is -0.298 e. The summed E-state index contributed by atoms with van der Waals surface area (Å²) in [5.74, 6) is -0.0275. The van der Waals surface area contributed by atoms with E-state index in [1.165, 1.54) is 6.92 Å². The lowest BCUT2D eigenvalue weighted by Gasteiger charge is -2.13. The first kappa shape index (κ1) is 11.6. The lowest BCUT2D eigenvalue weighted by atomic mass is 10.0. The van der Waals surface area contributed by atoms with Gasteiger partial charge in [0, 0.05) is 4.90 Å². The lowest BCUT2D eigenvalue weighted by molar-refractivity contribution is -0.116. The Morgan fingerprint density at radius 1 is 1.57 bits per heavy atom. The van der Waals surface area contributed by atoms with Crippen LogP contribution in [0.3, 0.4) is 0 Å². The summed E-state index contributed by atoms with van der Waals surface area (Å²) in [4.78, 5) is 12.1. The van der Waals surface area contributed by atoms with Crippen LogP contribution in [0, 0.1) is 0 Å². The number of ketones is 1. The zero-order valence-electron chi connectivity index (χ0n) is 8.25. The Bertz CT molecular complexity index is 349. The maximum absolute atomic E-state index is 11.2. The van der Waals surface area contributed by atoms with Crippen LogP contribution in [0.2, 0.25) is 0 Å². The third kappa shape index (κ3) is 2.31. The average Bonchev–Trinajstić information content (AvgIpc) is 2.16. The molecule has 0 aromatic heterocycles. The number of halogens is 1. The van der Waals surface area contributed by atoms with E-state index in [9.17, 15) is 4.79 Å². The van der Waals surface area contributed by atoms with Crippen molar-refractivity contribution in [2.45, 2.75) is 30.5 Å². The van der Waals surface area contributed by atoms with E-state index >= 15 is 0 Å². The fraction of sp³-hybridized carbons (Fsp3) is 0.364. The van der Waals surface area contributed by atoms with Gasteiger partial charge in [0.15, 0.2) is 5.78 Å². The van der Waals surface area contributed by atoms with Crippen molar-refractivity contribution < 1.29 is 4.79 Å². The van der Waals surface area contributed by atoms with E-state index in [1.807, 2.05) is 25.1 Å². The molecule has 1 aromatic carbocycles. The van der Waals surface area contributed by atoms with Gasteiger partial charge in [-0.2, -0.15) is 0 Å². The molecule has 76 valence electrons. The standard InChI is InChI=1S/C11H13ClOS/c1-3-8-9(11(12)7(2)13)5-4-6-10(8)14/h4-6,11,14H,3H2,1-2H3. The van der Waals surface area contributed by atoms with Crippen molar-refractivity contribution in [1.82, 2.24) is 0 Å². The molecule has 1 unspecified atom stereocenters. The van der Waals surface area contributed by atoms with Crippen LogP contribution < -0.4 is 0 Å². The Morgan fingerprint density at radius 3 is 2.71 bits per heavy atom.